The molecule has 7 nitrogen and oxygen atoms in total. The van der Waals surface area contributed by atoms with Gasteiger partial charge in [-0.1, -0.05) is 0 Å². The molecule has 0 aliphatic carbocycles. The van der Waals surface area contributed by atoms with E-state index in [4.69, 9.17) is 4.74 Å². The van der Waals surface area contributed by atoms with Gasteiger partial charge < -0.3 is 19.5 Å². The van der Waals surface area contributed by atoms with Crippen molar-refractivity contribution in [3.05, 3.63) is 17.8 Å². The number of carbonyl (C=O) groups excluding carboxylic acids is 1. The fourth-order valence-electron chi connectivity index (χ4n) is 1.80. The number of nitrogens with zero attached hydrogens (tertiary/aromatic N) is 3. The number of morpholine rings is 1. The summed E-state index contributed by atoms with van der Waals surface area (Å²) >= 11 is 0. The van der Waals surface area contributed by atoms with Crippen molar-refractivity contribution in [2.24, 2.45) is 0 Å². The lowest BCUT2D eigenvalue weighted by molar-refractivity contribution is 0.0591. The topological polar surface area (TPSA) is 84.8 Å². The van der Waals surface area contributed by atoms with Gasteiger partial charge in [-0.3, -0.25) is 0 Å². The van der Waals surface area contributed by atoms with E-state index in [0.29, 0.717) is 25.6 Å². The minimum absolute atomic E-state index is 0.0135. The number of rotatable bonds is 3. The van der Waals surface area contributed by atoms with Gasteiger partial charge in [0.15, 0.2) is 11.5 Å². The molecule has 1 N–H and O–H groups in total. The third-order valence-electron chi connectivity index (χ3n) is 2.78. The van der Waals surface area contributed by atoms with Crippen LogP contribution in [0.25, 0.3) is 0 Å². The van der Waals surface area contributed by atoms with Crippen molar-refractivity contribution < 1.29 is 19.4 Å². The van der Waals surface area contributed by atoms with Gasteiger partial charge in [0.2, 0.25) is 0 Å². The van der Waals surface area contributed by atoms with E-state index in [1.54, 1.807) is 12.1 Å². The number of aromatic nitrogens is 2. The number of hydrogen-bond donors (Lipinski definition) is 1. The van der Waals surface area contributed by atoms with Gasteiger partial charge in [0.25, 0.3) is 0 Å². The van der Waals surface area contributed by atoms with Crippen LogP contribution in [-0.4, -0.2) is 60.8 Å². The van der Waals surface area contributed by atoms with Crippen molar-refractivity contribution in [1.29, 1.82) is 0 Å². The second-order valence-corrected chi connectivity index (χ2v) is 3.87. The van der Waals surface area contributed by atoms with E-state index in [9.17, 15) is 9.90 Å². The van der Waals surface area contributed by atoms with Gasteiger partial charge in [-0.05, 0) is 12.1 Å². The summed E-state index contributed by atoms with van der Waals surface area (Å²) in [7, 11) is 1.29. The highest BCUT2D eigenvalue weighted by molar-refractivity contribution is 5.86. The number of esters is 1. The highest BCUT2D eigenvalue weighted by Crippen LogP contribution is 2.16. The fourth-order valence-corrected chi connectivity index (χ4v) is 1.80. The number of carbonyl (C=O) groups is 1. The van der Waals surface area contributed by atoms with E-state index in [1.165, 1.54) is 7.11 Å². The van der Waals surface area contributed by atoms with E-state index >= 15 is 0 Å². The molecule has 0 radical (unpaired) electrons. The van der Waals surface area contributed by atoms with E-state index in [1.807, 2.05) is 4.90 Å². The van der Waals surface area contributed by atoms with Crippen LogP contribution in [0, 0.1) is 0 Å². The molecule has 0 spiro atoms. The SMILES string of the molecule is COC(=O)c1ccc(N2CCOCC2CO)nn1. The Balaban J connectivity index is 2.15. The molecule has 0 amide bonds. The molecule has 1 aliphatic heterocycles. The van der Waals surface area contributed by atoms with Crippen molar-refractivity contribution in [3.63, 3.8) is 0 Å². The van der Waals surface area contributed by atoms with Crippen LogP contribution < -0.4 is 4.90 Å². The molecule has 2 rings (SSSR count). The molecule has 2 heterocycles. The number of hydrogen-bond acceptors (Lipinski definition) is 7. The third kappa shape index (κ3) is 2.57. The average Bonchev–Trinajstić information content (AvgIpc) is 2.46. The molecule has 98 valence electrons. The first kappa shape index (κ1) is 12.7. The summed E-state index contributed by atoms with van der Waals surface area (Å²) in [4.78, 5) is 13.1. The molecule has 1 atom stereocenters. The third-order valence-corrected chi connectivity index (χ3v) is 2.78. The molecule has 1 aliphatic rings. The maximum absolute atomic E-state index is 11.2. The highest BCUT2D eigenvalue weighted by Gasteiger charge is 2.24. The molecule has 0 saturated carbocycles. The summed E-state index contributed by atoms with van der Waals surface area (Å²) in [6.07, 6.45) is 0. The maximum atomic E-state index is 11.2. The first-order valence-corrected chi connectivity index (χ1v) is 5.63. The van der Waals surface area contributed by atoms with Crippen molar-refractivity contribution in [2.45, 2.75) is 6.04 Å². The van der Waals surface area contributed by atoms with Crippen LogP contribution in [0.5, 0.6) is 0 Å². The van der Waals surface area contributed by atoms with E-state index in [-0.39, 0.29) is 18.3 Å². The van der Waals surface area contributed by atoms with Gasteiger partial charge in [-0.15, -0.1) is 10.2 Å². The molecule has 1 unspecified atom stereocenters. The predicted molar refractivity (Wildman–Crippen MR) is 62.4 cm³/mol. The minimum atomic E-state index is -0.519. The molecule has 0 aromatic carbocycles. The van der Waals surface area contributed by atoms with Crippen LogP contribution in [0.2, 0.25) is 0 Å². The number of ether oxygens (including phenoxy) is 2. The lowest BCUT2D eigenvalue weighted by atomic mass is 10.2. The Morgan fingerprint density at radius 1 is 1.61 bits per heavy atom. The number of methoxy groups -OCH3 is 1. The van der Waals surface area contributed by atoms with E-state index < -0.39 is 5.97 Å². The first-order valence-electron chi connectivity index (χ1n) is 5.63. The molecular formula is C11H15N3O4. The summed E-state index contributed by atoms with van der Waals surface area (Å²) < 4.78 is 9.83. The zero-order valence-electron chi connectivity index (χ0n) is 10.1. The second-order valence-electron chi connectivity index (χ2n) is 3.87. The number of aliphatic hydroxyl groups is 1. The van der Waals surface area contributed by atoms with E-state index in [0.717, 1.165) is 0 Å². The Kier molecular flexibility index (Phi) is 4.06. The van der Waals surface area contributed by atoms with Crippen molar-refractivity contribution in [3.8, 4) is 0 Å². The van der Waals surface area contributed by atoms with Crippen LogP contribution in [0.4, 0.5) is 5.82 Å². The van der Waals surface area contributed by atoms with Crippen molar-refractivity contribution in [1.82, 2.24) is 10.2 Å². The monoisotopic (exact) mass is 253 g/mol. The molecule has 1 aromatic rings. The molecule has 7 heteroatoms. The zero-order valence-corrected chi connectivity index (χ0v) is 10.1. The Morgan fingerprint density at radius 3 is 3.06 bits per heavy atom. The van der Waals surface area contributed by atoms with Crippen molar-refractivity contribution >= 4 is 11.8 Å². The summed E-state index contributed by atoms with van der Waals surface area (Å²) in [5.74, 6) is 0.0970. The maximum Gasteiger partial charge on any atom is 0.358 e. The molecule has 1 aromatic heterocycles. The van der Waals surface area contributed by atoms with Gasteiger partial charge in [-0.2, -0.15) is 0 Å². The smallest absolute Gasteiger partial charge is 0.358 e. The Hall–Kier alpha value is -1.73. The standard InChI is InChI=1S/C11H15N3O4/c1-17-11(16)9-2-3-10(13-12-9)14-4-5-18-7-8(14)6-15/h2-3,8,15H,4-7H2,1H3. The molecule has 18 heavy (non-hydrogen) atoms. The van der Waals surface area contributed by atoms with Crippen LogP contribution in [0.1, 0.15) is 10.5 Å². The van der Waals surface area contributed by atoms with E-state index in [2.05, 4.69) is 14.9 Å². The van der Waals surface area contributed by atoms with Crippen LogP contribution in [0.15, 0.2) is 12.1 Å². The van der Waals surface area contributed by atoms with Crippen LogP contribution >= 0.6 is 0 Å². The zero-order chi connectivity index (χ0) is 13.0. The lowest BCUT2D eigenvalue weighted by Crippen LogP contribution is -2.48. The van der Waals surface area contributed by atoms with Gasteiger partial charge in [0, 0.05) is 6.54 Å². The number of aliphatic hydroxyl groups excluding tert-OH is 1. The molecule has 1 saturated heterocycles. The van der Waals surface area contributed by atoms with Gasteiger partial charge >= 0.3 is 5.97 Å². The predicted octanol–water partition coefficient (Wildman–Crippen LogP) is -0.539. The second kappa shape index (κ2) is 5.74. The highest BCUT2D eigenvalue weighted by atomic mass is 16.5. The largest absolute Gasteiger partial charge is 0.464 e. The molecular weight excluding hydrogens is 238 g/mol. The van der Waals surface area contributed by atoms with Crippen LogP contribution in [0.3, 0.4) is 0 Å². The van der Waals surface area contributed by atoms with Gasteiger partial charge in [-0.25, -0.2) is 4.79 Å². The first-order chi connectivity index (χ1) is 8.76. The van der Waals surface area contributed by atoms with Crippen LogP contribution in [-0.2, 0) is 9.47 Å². The van der Waals surface area contributed by atoms with Gasteiger partial charge in [0.1, 0.15) is 0 Å². The summed E-state index contributed by atoms with van der Waals surface area (Å²) in [6.45, 7) is 1.66. The number of anilines is 1. The quantitative estimate of drug-likeness (QED) is 0.724. The summed E-state index contributed by atoms with van der Waals surface area (Å²) in [5, 5.41) is 17.0. The Morgan fingerprint density at radius 2 is 2.44 bits per heavy atom. The fraction of sp³-hybridized carbons (Fsp3) is 0.545. The molecule has 1 fully saturated rings. The Labute approximate surface area is 104 Å². The molecule has 0 bridgehead atoms. The lowest BCUT2D eigenvalue weighted by Gasteiger charge is -2.34. The average molecular weight is 253 g/mol. The Bertz CT molecular complexity index is 409. The summed E-state index contributed by atoms with van der Waals surface area (Å²) in [6, 6.07) is 3.11. The minimum Gasteiger partial charge on any atom is -0.464 e. The normalized spacial score (nSPS) is 19.7. The van der Waals surface area contributed by atoms with Crippen molar-refractivity contribution in [2.75, 3.05) is 38.4 Å². The van der Waals surface area contributed by atoms with Gasteiger partial charge in [0.05, 0.1) is 33.0 Å². The summed E-state index contributed by atoms with van der Waals surface area (Å²) in [5.41, 5.74) is 0.162.